The minimum Gasteiger partial charge on any atom is -0.371 e. The molecule has 9 heteroatoms. The second-order valence-electron chi connectivity index (χ2n) is 8.09. The van der Waals surface area contributed by atoms with E-state index in [1.54, 1.807) is 43.4 Å². The molecule has 0 radical (unpaired) electrons. The number of anilines is 3. The Morgan fingerprint density at radius 2 is 1.56 bits per heavy atom. The first-order valence-electron chi connectivity index (χ1n) is 10.6. The van der Waals surface area contributed by atoms with Gasteiger partial charge in [0.05, 0.1) is 10.5 Å². The fourth-order valence-corrected chi connectivity index (χ4v) is 4.56. The molecule has 0 bridgehead atoms. The highest BCUT2D eigenvalue weighted by molar-refractivity contribution is 7.89. The zero-order valence-electron chi connectivity index (χ0n) is 19.0. The molecule has 0 aliphatic carbocycles. The SMILES string of the molecule is CC(=O)N(C)c1ccc(NC(=O)c2cc(S(=O)(=O)N(C)C)ccc2N2CCCCC2)cc1. The zero-order chi connectivity index (χ0) is 23.5. The predicted molar refractivity (Wildman–Crippen MR) is 127 cm³/mol. The number of nitrogens with one attached hydrogen (secondary N) is 1. The van der Waals surface area contributed by atoms with Crippen molar-refractivity contribution in [2.75, 3.05) is 49.3 Å². The molecular formula is C23H30N4O4S. The number of amides is 2. The van der Waals surface area contributed by atoms with Crippen LogP contribution in [-0.4, -0.2) is 58.8 Å². The Labute approximate surface area is 189 Å². The van der Waals surface area contributed by atoms with Crippen LogP contribution in [0.1, 0.15) is 36.5 Å². The molecular weight excluding hydrogens is 428 g/mol. The molecule has 0 saturated carbocycles. The summed E-state index contributed by atoms with van der Waals surface area (Å²) in [5.41, 5.74) is 2.32. The molecule has 0 atom stereocenters. The topological polar surface area (TPSA) is 90.0 Å². The molecule has 2 aromatic rings. The van der Waals surface area contributed by atoms with Crippen molar-refractivity contribution in [3.8, 4) is 0 Å². The van der Waals surface area contributed by atoms with Crippen LogP contribution in [0, 0.1) is 0 Å². The summed E-state index contributed by atoms with van der Waals surface area (Å²) in [5.74, 6) is -0.471. The van der Waals surface area contributed by atoms with Gasteiger partial charge in [0.15, 0.2) is 0 Å². The van der Waals surface area contributed by atoms with Gasteiger partial charge in [0, 0.05) is 58.2 Å². The van der Waals surface area contributed by atoms with Gasteiger partial charge in [-0.15, -0.1) is 0 Å². The van der Waals surface area contributed by atoms with Crippen LogP contribution < -0.4 is 15.1 Å². The highest BCUT2D eigenvalue weighted by Crippen LogP contribution is 2.29. The zero-order valence-corrected chi connectivity index (χ0v) is 19.8. The summed E-state index contributed by atoms with van der Waals surface area (Å²) in [6, 6.07) is 11.7. The molecule has 32 heavy (non-hydrogen) atoms. The highest BCUT2D eigenvalue weighted by atomic mass is 32.2. The van der Waals surface area contributed by atoms with Crippen molar-refractivity contribution in [2.24, 2.45) is 0 Å². The van der Waals surface area contributed by atoms with Gasteiger partial charge in [-0.3, -0.25) is 9.59 Å². The molecule has 8 nitrogen and oxygen atoms in total. The van der Waals surface area contributed by atoms with E-state index in [0.717, 1.165) is 42.3 Å². The van der Waals surface area contributed by atoms with Gasteiger partial charge in [0.1, 0.15) is 0 Å². The average molecular weight is 459 g/mol. The van der Waals surface area contributed by atoms with E-state index < -0.39 is 10.0 Å². The Kier molecular flexibility index (Phi) is 7.20. The maximum atomic E-state index is 13.2. The largest absolute Gasteiger partial charge is 0.371 e. The Bertz CT molecular complexity index is 1090. The second-order valence-corrected chi connectivity index (χ2v) is 10.2. The van der Waals surface area contributed by atoms with Crippen LogP contribution in [-0.2, 0) is 14.8 Å². The molecule has 2 amide bonds. The summed E-state index contributed by atoms with van der Waals surface area (Å²) in [7, 11) is 0.930. The van der Waals surface area contributed by atoms with Crippen molar-refractivity contribution in [2.45, 2.75) is 31.1 Å². The molecule has 1 heterocycles. The average Bonchev–Trinajstić information content (AvgIpc) is 2.79. The summed E-state index contributed by atoms with van der Waals surface area (Å²) < 4.78 is 26.4. The van der Waals surface area contributed by atoms with Crippen LogP contribution in [0.5, 0.6) is 0 Å². The Morgan fingerprint density at radius 3 is 2.12 bits per heavy atom. The summed E-state index contributed by atoms with van der Waals surface area (Å²) in [4.78, 5) is 28.5. The van der Waals surface area contributed by atoms with E-state index in [9.17, 15) is 18.0 Å². The number of piperidine rings is 1. The van der Waals surface area contributed by atoms with Gasteiger partial charge in [-0.1, -0.05) is 0 Å². The maximum Gasteiger partial charge on any atom is 0.257 e. The van der Waals surface area contributed by atoms with Gasteiger partial charge in [-0.25, -0.2) is 12.7 Å². The molecule has 1 fully saturated rings. The third-order valence-electron chi connectivity index (χ3n) is 5.67. The first-order chi connectivity index (χ1) is 15.1. The third-order valence-corrected chi connectivity index (χ3v) is 7.48. The number of sulfonamides is 1. The molecule has 1 saturated heterocycles. The molecule has 2 aromatic carbocycles. The van der Waals surface area contributed by atoms with Crippen LogP contribution in [0.4, 0.5) is 17.1 Å². The summed E-state index contributed by atoms with van der Waals surface area (Å²) >= 11 is 0. The van der Waals surface area contributed by atoms with Crippen molar-refractivity contribution >= 4 is 38.9 Å². The Hall–Kier alpha value is -2.91. The van der Waals surface area contributed by atoms with Crippen LogP contribution in [0.3, 0.4) is 0 Å². The Morgan fingerprint density at radius 1 is 0.938 bits per heavy atom. The van der Waals surface area contributed by atoms with Gasteiger partial charge in [-0.2, -0.15) is 0 Å². The van der Waals surface area contributed by atoms with Gasteiger partial charge in [-0.05, 0) is 61.7 Å². The van der Waals surface area contributed by atoms with Gasteiger partial charge >= 0.3 is 0 Å². The molecule has 0 spiro atoms. The van der Waals surface area contributed by atoms with E-state index in [-0.39, 0.29) is 16.7 Å². The first kappa shape index (κ1) is 23.7. The molecule has 172 valence electrons. The van der Waals surface area contributed by atoms with Crippen LogP contribution in [0.2, 0.25) is 0 Å². The quantitative estimate of drug-likeness (QED) is 0.718. The summed E-state index contributed by atoms with van der Waals surface area (Å²) in [6.45, 7) is 3.13. The lowest BCUT2D eigenvalue weighted by atomic mass is 10.1. The number of hydrogen-bond donors (Lipinski definition) is 1. The number of hydrogen-bond acceptors (Lipinski definition) is 5. The normalized spacial score (nSPS) is 14.3. The van der Waals surface area contributed by atoms with E-state index in [2.05, 4.69) is 10.2 Å². The minimum atomic E-state index is -3.68. The van der Waals surface area contributed by atoms with E-state index in [1.165, 1.54) is 32.0 Å². The van der Waals surface area contributed by atoms with E-state index >= 15 is 0 Å². The number of carbonyl (C=O) groups excluding carboxylic acids is 2. The highest BCUT2D eigenvalue weighted by Gasteiger charge is 2.24. The lowest BCUT2D eigenvalue weighted by molar-refractivity contribution is -0.116. The number of rotatable bonds is 6. The van der Waals surface area contributed by atoms with Crippen molar-refractivity contribution in [3.05, 3.63) is 48.0 Å². The lowest BCUT2D eigenvalue weighted by Crippen LogP contribution is -2.32. The van der Waals surface area contributed by atoms with Crippen molar-refractivity contribution in [1.29, 1.82) is 0 Å². The molecule has 0 aromatic heterocycles. The molecule has 1 aliphatic rings. The summed E-state index contributed by atoms with van der Waals surface area (Å²) in [5, 5.41) is 2.86. The van der Waals surface area contributed by atoms with Gasteiger partial charge in [0.2, 0.25) is 15.9 Å². The third kappa shape index (κ3) is 5.11. The van der Waals surface area contributed by atoms with Crippen LogP contribution in [0.25, 0.3) is 0 Å². The monoisotopic (exact) mass is 458 g/mol. The lowest BCUT2D eigenvalue weighted by Gasteiger charge is -2.30. The van der Waals surface area contributed by atoms with Crippen LogP contribution >= 0.6 is 0 Å². The molecule has 1 aliphatic heterocycles. The molecule has 3 rings (SSSR count). The Balaban J connectivity index is 1.94. The summed E-state index contributed by atoms with van der Waals surface area (Å²) in [6.07, 6.45) is 3.21. The fraction of sp³-hybridized carbons (Fsp3) is 0.391. The number of nitrogens with zero attached hydrogens (tertiary/aromatic N) is 3. The molecule has 0 unspecified atom stereocenters. The minimum absolute atomic E-state index is 0.0758. The predicted octanol–water partition coefficient (Wildman–Crippen LogP) is 3.16. The van der Waals surface area contributed by atoms with Crippen molar-refractivity contribution in [1.82, 2.24) is 4.31 Å². The second kappa shape index (κ2) is 9.70. The van der Waals surface area contributed by atoms with E-state index in [0.29, 0.717) is 16.9 Å². The van der Waals surface area contributed by atoms with Crippen LogP contribution in [0.15, 0.2) is 47.4 Å². The maximum absolute atomic E-state index is 13.2. The van der Waals surface area contributed by atoms with Gasteiger partial charge < -0.3 is 15.1 Å². The van der Waals surface area contributed by atoms with E-state index in [1.807, 2.05) is 0 Å². The van der Waals surface area contributed by atoms with Crippen molar-refractivity contribution < 1.29 is 18.0 Å². The van der Waals surface area contributed by atoms with E-state index in [4.69, 9.17) is 0 Å². The first-order valence-corrected chi connectivity index (χ1v) is 12.0. The number of carbonyl (C=O) groups is 2. The smallest absolute Gasteiger partial charge is 0.257 e. The fourth-order valence-electron chi connectivity index (χ4n) is 3.63. The van der Waals surface area contributed by atoms with Gasteiger partial charge in [0.25, 0.3) is 5.91 Å². The van der Waals surface area contributed by atoms with Crippen molar-refractivity contribution in [3.63, 3.8) is 0 Å². The standard InChI is InChI=1S/C23H30N4O4S/c1-17(28)26(4)19-10-8-18(9-11-19)24-23(29)21-16-20(32(30,31)25(2)3)12-13-22(21)27-14-6-5-7-15-27/h8-13,16H,5-7,14-15H2,1-4H3,(H,24,29). The molecule has 1 N–H and O–H groups in total. The number of benzene rings is 2.